The predicted molar refractivity (Wildman–Crippen MR) is 113 cm³/mol. The second-order valence-corrected chi connectivity index (χ2v) is 9.97. The Labute approximate surface area is 174 Å². The average Bonchev–Trinajstić information content (AvgIpc) is 2.92. The summed E-state index contributed by atoms with van der Waals surface area (Å²) in [4.78, 5) is 27.8. The molecule has 4 saturated carbocycles. The molecule has 4 aliphatic rings. The van der Waals surface area contributed by atoms with Crippen LogP contribution in [0.4, 0.5) is 0 Å². The first-order valence-corrected chi connectivity index (χ1v) is 11.5. The number of hydrogen-bond acceptors (Lipinski definition) is 3. The molecule has 5 rings (SSSR count). The van der Waals surface area contributed by atoms with Gasteiger partial charge in [-0.2, -0.15) is 0 Å². The minimum Gasteiger partial charge on any atom is -0.462 e. The van der Waals surface area contributed by atoms with Gasteiger partial charge in [0.2, 0.25) is 5.91 Å². The van der Waals surface area contributed by atoms with Gasteiger partial charge in [-0.3, -0.25) is 4.79 Å². The molecule has 0 saturated heterocycles. The number of carbonyl (C=O) groups excluding carboxylic acids is 2. The smallest absolute Gasteiger partial charge is 0.340 e. The van der Waals surface area contributed by atoms with Crippen LogP contribution >= 0.6 is 0 Å². The van der Waals surface area contributed by atoms with Crippen LogP contribution in [0.1, 0.15) is 85.6 Å². The Morgan fingerprint density at radius 2 is 1.72 bits per heavy atom. The Morgan fingerprint density at radius 3 is 2.31 bits per heavy atom. The van der Waals surface area contributed by atoms with Crippen molar-refractivity contribution in [1.29, 1.82) is 0 Å². The van der Waals surface area contributed by atoms with Gasteiger partial charge in [-0.05, 0) is 101 Å². The molecule has 1 heterocycles. The highest BCUT2D eigenvalue weighted by Gasteiger charge is 2.50. The second kappa shape index (κ2) is 8.16. The zero-order valence-corrected chi connectivity index (χ0v) is 18.2. The number of H-pyrrole nitrogens is 1. The van der Waals surface area contributed by atoms with Crippen LogP contribution in [0.25, 0.3) is 0 Å². The molecular formula is C24H36N2O3. The number of aromatic nitrogens is 1. The van der Waals surface area contributed by atoms with Gasteiger partial charge in [-0.1, -0.05) is 0 Å². The molecule has 0 spiro atoms. The van der Waals surface area contributed by atoms with Gasteiger partial charge in [0.05, 0.1) is 12.2 Å². The van der Waals surface area contributed by atoms with Gasteiger partial charge in [-0.25, -0.2) is 4.79 Å². The molecule has 1 aromatic rings. The van der Waals surface area contributed by atoms with Crippen molar-refractivity contribution in [3.05, 3.63) is 22.5 Å². The van der Waals surface area contributed by atoms with Crippen molar-refractivity contribution in [2.45, 2.75) is 78.6 Å². The van der Waals surface area contributed by atoms with E-state index in [2.05, 4.69) is 10.3 Å². The van der Waals surface area contributed by atoms with E-state index in [4.69, 9.17) is 4.74 Å². The molecule has 0 atom stereocenters. The topological polar surface area (TPSA) is 71.2 Å². The monoisotopic (exact) mass is 400 g/mol. The molecule has 29 heavy (non-hydrogen) atoms. The summed E-state index contributed by atoms with van der Waals surface area (Å²) >= 11 is 0. The van der Waals surface area contributed by atoms with E-state index in [1.807, 2.05) is 20.8 Å². The van der Waals surface area contributed by atoms with Crippen LogP contribution in [0, 0.1) is 37.0 Å². The molecule has 0 aliphatic heterocycles. The summed E-state index contributed by atoms with van der Waals surface area (Å²) in [5.74, 6) is 2.71. The maximum absolute atomic E-state index is 12.4. The molecule has 160 valence electrons. The number of aromatic amines is 1. The number of amides is 1. The van der Waals surface area contributed by atoms with Crippen molar-refractivity contribution in [1.82, 2.24) is 10.3 Å². The predicted octanol–water partition coefficient (Wildman–Crippen LogP) is 4.46. The zero-order valence-electron chi connectivity index (χ0n) is 18.2. The fourth-order valence-corrected chi connectivity index (χ4v) is 6.96. The molecular weight excluding hydrogens is 364 g/mol. The highest BCUT2D eigenvalue weighted by Crippen LogP contribution is 2.61. The standard InChI is InChI=1S/C24H36N2O3/c1-4-29-23(28)22-15(2)20(26-16(22)3)5-6-21(27)25-8-7-24-12-17-9-18(13-24)11-19(10-17)14-24/h17-19,26H,4-14H2,1-3H3,(H,25,27). The highest BCUT2D eigenvalue weighted by molar-refractivity contribution is 5.92. The number of rotatable bonds is 8. The maximum Gasteiger partial charge on any atom is 0.340 e. The van der Waals surface area contributed by atoms with Crippen molar-refractivity contribution in [3.63, 3.8) is 0 Å². The van der Waals surface area contributed by atoms with Crippen molar-refractivity contribution in [3.8, 4) is 0 Å². The minimum atomic E-state index is -0.287. The summed E-state index contributed by atoms with van der Waals surface area (Å²) in [5, 5.41) is 3.17. The van der Waals surface area contributed by atoms with Crippen LogP contribution in [-0.4, -0.2) is 30.0 Å². The summed E-state index contributed by atoms with van der Waals surface area (Å²) in [7, 11) is 0. The van der Waals surface area contributed by atoms with Gasteiger partial charge >= 0.3 is 5.97 Å². The van der Waals surface area contributed by atoms with Crippen LogP contribution in [0.2, 0.25) is 0 Å². The normalized spacial score (nSPS) is 29.8. The number of ether oxygens (including phenoxy) is 1. The fourth-order valence-electron chi connectivity index (χ4n) is 6.96. The van der Waals surface area contributed by atoms with Gasteiger partial charge < -0.3 is 15.0 Å². The molecule has 1 amide bonds. The van der Waals surface area contributed by atoms with Crippen molar-refractivity contribution in [2.75, 3.05) is 13.2 Å². The number of nitrogens with one attached hydrogen (secondary N) is 2. The Hall–Kier alpha value is -1.78. The van der Waals surface area contributed by atoms with E-state index in [-0.39, 0.29) is 11.9 Å². The lowest BCUT2D eigenvalue weighted by Crippen LogP contribution is -2.47. The molecule has 0 radical (unpaired) electrons. The Bertz CT molecular complexity index is 744. The molecule has 4 aliphatic carbocycles. The number of carbonyl (C=O) groups is 2. The van der Waals surface area contributed by atoms with E-state index >= 15 is 0 Å². The first-order valence-electron chi connectivity index (χ1n) is 11.5. The highest BCUT2D eigenvalue weighted by atomic mass is 16.5. The molecule has 2 N–H and O–H groups in total. The Kier molecular flexibility index (Phi) is 5.76. The van der Waals surface area contributed by atoms with E-state index in [0.29, 0.717) is 30.4 Å². The van der Waals surface area contributed by atoms with Crippen LogP contribution in [0.3, 0.4) is 0 Å². The van der Waals surface area contributed by atoms with Gasteiger partial charge in [-0.15, -0.1) is 0 Å². The van der Waals surface area contributed by atoms with E-state index in [1.165, 1.54) is 38.5 Å². The van der Waals surface area contributed by atoms with Gasteiger partial charge in [0.25, 0.3) is 0 Å². The lowest BCUT2D eigenvalue weighted by molar-refractivity contribution is -0.121. The SMILES string of the molecule is CCOC(=O)c1c(C)[nH]c(CCC(=O)NCCC23CC4CC(CC(C4)C2)C3)c1C. The largest absolute Gasteiger partial charge is 0.462 e. The molecule has 4 fully saturated rings. The zero-order chi connectivity index (χ0) is 20.6. The first-order chi connectivity index (χ1) is 13.9. The van der Waals surface area contributed by atoms with Crippen molar-refractivity contribution in [2.24, 2.45) is 23.2 Å². The number of hydrogen-bond donors (Lipinski definition) is 2. The van der Waals surface area contributed by atoms with Crippen LogP contribution in [0.15, 0.2) is 0 Å². The van der Waals surface area contributed by atoms with Gasteiger partial charge in [0.15, 0.2) is 0 Å². The van der Waals surface area contributed by atoms with Crippen LogP contribution < -0.4 is 5.32 Å². The third-order valence-electron chi connectivity index (χ3n) is 7.77. The minimum absolute atomic E-state index is 0.110. The summed E-state index contributed by atoms with van der Waals surface area (Å²) in [6.07, 6.45) is 10.8. The third kappa shape index (κ3) is 4.24. The average molecular weight is 401 g/mol. The third-order valence-corrected chi connectivity index (χ3v) is 7.77. The van der Waals surface area contributed by atoms with E-state index < -0.39 is 0 Å². The van der Waals surface area contributed by atoms with Crippen LogP contribution in [0.5, 0.6) is 0 Å². The quantitative estimate of drug-likeness (QED) is 0.633. The molecule has 1 aromatic heterocycles. The summed E-state index contributed by atoms with van der Waals surface area (Å²) in [6.45, 7) is 6.79. The summed E-state index contributed by atoms with van der Waals surface area (Å²) < 4.78 is 5.14. The van der Waals surface area contributed by atoms with E-state index in [1.54, 1.807) is 0 Å². The first kappa shape index (κ1) is 20.5. The summed E-state index contributed by atoms with van der Waals surface area (Å²) in [5.41, 5.74) is 3.82. The second-order valence-electron chi connectivity index (χ2n) is 9.97. The summed E-state index contributed by atoms with van der Waals surface area (Å²) in [6, 6.07) is 0. The van der Waals surface area contributed by atoms with Crippen molar-refractivity contribution < 1.29 is 14.3 Å². The molecule has 5 nitrogen and oxygen atoms in total. The van der Waals surface area contributed by atoms with Gasteiger partial charge in [0, 0.05) is 24.4 Å². The molecule has 4 bridgehead atoms. The maximum atomic E-state index is 12.4. The molecule has 5 heteroatoms. The number of esters is 1. The molecule has 0 unspecified atom stereocenters. The lowest BCUT2D eigenvalue weighted by atomic mass is 9.49. The number of aryl methyl sites for hydroxylation is 2. The fraction of sp³-hybridized carbons (Fsp3) is 0.750. The Balaban J connectivity index is 1.25. The van der Waals surface area contributed by atoms with E-state index in [9.17, 15) is 9.59 Å². The Morgan fingerprint density at radius 1 is 1.10 bits per heavy atom. The van der Waals surface area contributed by atoms with Crippen LogP contribution in [-0.2, 0) is 16.0 Å². The lowest BCUT2D eigenvalue weighted by Gasteiger charge is -2.57. The van der Waals surface area contributed by atoms with Gasteiger partial charge in [0.1, 0.15) is 0 Å². The van der Waals surface area contributed by atoms with E-state index in [0.717, 1.165) is 47.7 Å². The van der Waals surface area contributed by atoms with Crippen molar-refractivity contribution >= 4 is 11.9 Å². The molecule has 0 aromatic carbocycles.